The van der Waals surface area contributed by atoms with E-state index in [2.05, 4.69) is 15.5 Å². The number of thiazole rings is 1. The minimum absolute atomic E-state index is 0.0680. The third-order valence-corrected chi connectivity index (χ3v) is 4.19. The summed E-state index contributed by atoms with van der Waals surface area (Å²) in [5.74, 6) is 0.316. The first-order chi connectivity index (χ1) is 9.36. The number of phenolic OH excluding ortho intramolecular Hbond substituents is 1. The van der Waals surface area contributed by atoms with Gasteiger partial charge in [0.2, 0.25) is 5.13 Å². The van der Waals surface area contributed by atoms with Crippen LogP contribution in [-0.4, -0.2) is 31.0 Å². The predicted molar refractivity (Wildman–Crippen MR) is 79.0 cm³/mol. The standard InChI is InChI=1S/C11H12N4O3S2/c1-20(17,18)8-2-3-9(16)7(4-8)5-13-15-11-14-10(12)6-19-11/h2-6,16H,12H2,1H3,(H,14,15). The van der Waals surface area contributed by atoms with Crippen LogP contribution in [0.5, 0.6) is 5.75 Å². The Hall–Kier alpha value is -2.13. The van der Waals surface area contributed by atoms with E-state index < -0.39 is 9.84 Å². The summed E-state index contributed by atoms with van der Waals surface area (Å²) >= 11 is 1.28. The summed E-state index contributed by atoms with van der Waals surface area (Å²) in [6.07, 6.45) is 2.40. The number of hydrogen-bond acceptors (Lipinski definition) is 8. The zero-order valence-corrected chi connectivity index (χ0v) is 12.1. The van der Waals surface area contributed by atoms with Crippen LogP contribution in [0.2, 0.25) is 0 Å². The Labute approximate surface area is 119 Å². The van der Waals surface area contributed by atoms with Crippen molar-refractivity contribution in [2.75, 3.05) is 17.4 Å². The van der Waals surface area contributed by atoms with Gasteiger partial charge in [0, 0.05) is 17.2 Å². The molecule has 0 aliphatic heterocycles. The van der Waals surface area contributed by atoms with Gasteiger partial charge in [-0.3, -0.25) is 5.43 Å². The normalized spacial score (nSPS) is 11.8. The summed E-state index contributed by atoms with van der Waals surface area (Å²) < 4.78 is 22.9. The SMILES string of the molecule is CS(=O)(=O)c1ccc(O)c(C=NNc2nc(N)cs2)c1. The van der Waals surface area contributed by atoms with Crippen LogP contribution in [0.25, 0.3) is 0 Å². The minimum atomic E-state index is -3.34. The Morgan fingerprint density at radius 1 is 1.50 bits per heavy atom. The van der Waals surface area contributed by atoms with Crippen molar-refractivity contribution in [1.82, 2.24) is 4.98 Å². The van der Waals surface area contributed by atoms with Crippen LogP contribution in [0.3, 0.4) is 0 Å². The van der Waals surface area contributed by atoms with Crippen LogP contribution in [0, 0.1) is 0 Å². The molecule has 0 unspecified atom stereocenters. The number of nitrogen functional groups attached to an aromatic ring is 1. The molecule has 0 spiro atoms. The van der Waals surface area contributed by atoms with Crippen LogP contribution in [-0.2, 0) is 9.84 Å². The molecular formula is C11H12N4O3S2. The maximum atomic E-state index is 11.4. The summed E-state index contributed by atoms with van der Waals surface area (Å²) in [6, 6.07) is 3.97. The molecule has 106 valence electrons. The van der Waals surface area contributed by atoms with Crippen molar-refractivity contribution in [2.45, 2.75) is 4.90 Å². The van der Waals surface area contributed by atoms with Crippen molar-refractivity contribution in [3.8, 4) is 5.75 Å². The van der Waals surface area contributed by atoms with Crippen molar-refractivity contribution in [3.05, 3.63) is 29.1 Å². The van der Waals surface area contributed by atoms with Crippen molar-refractivity contribution in [2.24, 2.45) is 5.10 Å². The number of aromatic nitrogens is 1. The topological polar surface area (TPSA) is 118 Å². The van der Waals surface area contributed by atoms with E-state index in [-0.39, 0.29) is 16.2 Å². The van der Waals surface area contributed by atoms with Crippen LogP contribution >= 0.6 is 11.3 Å². The van der Waals surface area contributed by atoms with E-state index in [0.29, 0.717) is 10.9 Å². The lowest BCUT2D eigenvalue weighted by molar-refractivity contribution is 0.474. The molecular weight excluding hydrogens is 300 g/mol. The lowest BCUT2D eigenvalue weighted by Gasteiger charge is -2.02. The average Bonchev–Trinajstić information content (AvgIpc) is 2.76. The summed E-state index contributed by atoms with van der Waals surface area (Å²) in [6.45, 7) is 0. The number of nitrogens with two attached hydrogens (primary N) is 1. The molecule has 0 fully saturated rings. The Bertz CT molecular complexity index is 753. The van der Waals surface area contributed by atoms with Gasteiger partial charge >= 0.3 is 0 Å². The van der Waals surface area contributed by atoms with E-state index in [4.69, 9.17) is 5.73 Å². The quantitative estimate of drug-likeness (QED) is 0.578. The molecule has 0 aliphatic carbocycles. The first-order valence-corrected chi connectivity index (χ1v) is 8.16. The van der Waals surface area contributed by atoms with Gasteiger partial charge in [0.15, 0.2) is 9.84 Å². The lowest BCUT2D eigenvalue weighted by atomic mass is 10.2. The number of aromatic hydroxyl groups is 1. The summed E-state index contributed by atoms with van der Waals surface area (Å²) in [5.41, 5.74) is 8.37. The zero-order valence-electron chi connectivity index (χ0n) is 10.4. The van der Waals surface area contributed by atoms with Gasteiger partial charge in [-0.2, -0.15) is 5.10 Å². The van der Waals surface area contributed by atoms with Crippen molar-refractivity contribution >= 4 is 38.3 Å². The van der Waals surface area contributed by atoms with Gasteiger partial charge in [-0.05, 0) is 18.2 Å². The van der Waals surface area contributed by atoms with Gasteiger partial charge in [-0.1, -0.05) is 0 Å². The molecule has 0 radical (unpaired) electrons. The molecule has 9 heteroatoms. The number of hydrazone groups is 1. The highest BCUT2D eigenvalue weighted by Crippen LogP contribution is 2.20. The molecule has 0 bridgehead atoms. The second-order valence-corrected chi connectivity index (χ2v) is 6.81. The number of nitrogens with one attached hydrogen (secondary N) is 1. The first kappa shape index (κ1) is 14.3. The molecule has 0 saturated carbocycles. The Morgan fingerprint density at radius 2 is 2.25 bits per heavy atom. The molecule has 2 aromatic rings. The first-order valence-electron chi connectivity index (χ1n) is 5.39. The number of sulfone groups is 1. The van der Waals surface area contributed by atoms with Crippen LogP contribution < -0.4 is 11.2 Å². The molecule has 0 aliphatic rings. The minimum Gasteiger partial charge on any atom is -0.507 e. The molecule has 1 heterocycles. The van der Waals surface area contributed by atoms with Gasteiger partial charge in [0.05, 0.1) is 11.1 Å². The highest BCUT2D eigenvalue weighted by atomic mass is 32.2. The fourth-order valence-corrected chi connectivity index (χ4v) is 2.57. The van der Waals surface area contributed by atoms with Gasteiger partial charge in [-0.25, -0.2) is 13.4 Å². The Morgan fingerprint density at radius 3 is 2.85 bits per heavy atom. The van der Waals surface area contributed by atoms with E-state index in [1.807, 2.05) is 0 Å². The van der Waals surface area contributed by atoms with E-state index in [1.54, 1.807) is 5.38 Å². The number of benzene rings is 1. The third kappa shape index (κ3) is 3.45. The van der Waals surface area contributed by atoms with E-state index >= 15 is 0 Å². The van der Waals surface area contributed by atoms with E-state index in [9.17, 15) is 13.5 Å². The van der Waals surface area contributed by atoms with Crippen molar-refractivity contribution in [1.29, 1.82) is 0 Å². The second-order valence-electron chi connectivity index (χ2n) is 3.94. The maximum absolute atomic E-state index is 11.4. The predicted octanol–water partition coefficient (Wildman–Crippen LogP) is 1.28. The highest BCUT2D eigenvalue weighted by Gasteiger charge is 2.09. The maximum Gasteiger partial charge on any atom is 0.205 e. The fourth-order valence-electron chi connectivity index (χ4n) is 1.36. The smallest absolute Gasteiger partial charge is 0.205 e. The van der Waals surface area contributed by atoms with Gasteiger partial charge in [0.1, 0.15) is 11.6 Å². The lowest BCUT2D eigenvalue weighted by Crippen LogP contribution is -1.98. The van der Waals surface area contributed by atoms with Gasteiger partial charge in [-0.15, -0.1) is 11.3 Å². The molecule has 20 heavy (non-hydrogen) atoms. The Balaban J connectivity index is 2.20. The highest BCUT2D eigenvalue weighted by molar-refractivity contribution is 7.90. The number of rotatable bonds is 4. The number of anilines is 2. The van der Waals surface area contributed by atoms with E-state index in [1.165, 1.54) is 35.8 Å². The molecule has 0 saturated heterocycles. The van der Waals surface area contributed by atoms with Crippen LogP contribution in [0.1, 0.15) is 5.56 Å². The number of hydrogen-bond donors (Lipinski definition) is 3. The molecule has 1 aromatic heterocycles. The second kappa shape index (κ2) is 5.47. The number of phenols is 1. The summed E-state index contributed by atoms with van der Waals surface area (Å²) in [7, 11) is -3.34. The van der Waals surface area contributed by atoms with Crippen LogP contribution in [0.4, 0.5) is 10.9 Å². The molecule has 0 atom stereocenters. The van der Waals surface area contributed by atoms with Gasteiger partial charge in [0.25, 0.3) is 0 Å². The van der Waals surface area contributed by atoms with Gasteiger partial charge < -0.3 is 10.8 Å². The summed E-state index contributed by atoms with van der Waals surface area (Å²) in [5, 5.41) is 15.7. The fraction of sp³-hybridized carbons (Fsp3) is 0.0909. The number of nitrogens with zero attached hydrogens (tertiary/aromatic N) is 2. The zero-order chi connectivity index (χ0) is 14.8. The third-order valence-electron chi connectivity index (χ3n) is 2.31. The largest absolute Gasteiger partial charge is 0.507 e. The Kier molecular flexibility index (Phi) is 3.91. The molecule has 2 rings (SSSR count). The monoisotopic (exact) mass is 312 g/mol. The van der Waals surface area contributed by atoms with Crippen molar-refractivity contribution < 1.29 is 13.5 Å². The van der Waals surface area contributed by atoms with Crippen LogP contribution in [0.15, 0.2) is 33.6 Å². The average molecular weight is 312 g/mol. The molecule has 0 amide bonds. The molecule has 4 N–H and O–H groups in total. The van der Waals surface area contributed by atoms with E-state index in [0.717, 1.165) is 6.26 Å². The molecule has 1 aromatic carbocycles. The molecule has 7 nitrogen and oxygen atoms in total. The summed E-state index contributed by atoms with van der Waals surface area (Å²) in [4.78, 5) is 4.04. The van der Waals surface area contributed by atoms with Crippen molar-refractivity contribution in [3.63, 3.8) is 0 Å².